The van der Waals surface area contributed by atoms with Crippen LogP contribution < -0.4 is 0 Å². The van der Waals surface area contributed by atoms with Crippen LogP contribution in [0.2, 0.25) is 25.1 Å². The highest BCUT2D eigenvalue weighted by molar-refractivity contribution is 7.98. The van der Waals surface area contributed by atoms with Crippen molar-refractivity contribution in [3.05, 3.63) is 25.1 Å². The molecular formula is C7H3Cl5S. The summed E-state index contributed by atoms with van der Waals surface area (Å²) in [6, 6.07) is 0. The fourth-order valence-corrected chi connectivity index (χ4v) is 3.04. The zero-order valence-electron chi connectivity index (χ0n) is 6.30. The zero-order chi connectivity index (χ0) is 10.2. The van der Waals surface area contributed by atoms with E-state index in [9.17, 15) is 0 Å². The smallest absolute Gasteiger partial charge is 0.0809 e. The van der Waals surface area contributed by atoms with E-state index in [1.54, 1.807) is 0 Å². The molecule has 0 spiro atoms. The van der Waals surface area contributed by atoms with Crippen molar-refractivity contribution in [2.75, 3.05) is 6.26 Å². The predicted octanol–water partition coefficient (Wildman–Crippen LogP) is 5.68. The Hall–Kier alpha value is 1.02. The van der Waals surface area contributed by atoms with Gasteiger partial charge in [0.05, 0.1) is 25.1 Å². The molecule has 1 aromatic carbocycles. The Morgan fingerprint density at radius 3 is 1.31 bits per heavy atom. The molecule has 0 saturated heterocycles. The minimum atomic E-state index is 0.191. The molecule has 0 bridgehead atoms. The molecule has 0 atom stereocenters. The Labute approximate surface area is 105 Å². The third-order valence-electron chi connectivity index (χ3n) is 1.37. The Kier molecular flexibility index (Phi) is 4.37. The Morgan fingerprint density at radius 2 is 1.00 bits per heavy atom. The van der Waals surface area contributed by atoms with Gasteiger partial charge in [-0.2, -0.15) is 0 Å². The lowest BCUT2D eigenvalue weighted by Gasteiger charge is -2.09. The van der Waals surface area contributed by atoms with Gasteiger partial charge in [-0.1, -0.05) is 58.0 Å². The molecular weight excluding hydrogens is 295 g/mol. The Morgan fingerprint density at radius 1 is 0.692 bits per heavy atom. The van der Waals surface area contributed by atoms with Crippen LogP contribution in [0.25, 0.3) is 0 Å². The van der Waals surface area contributed by atoms with Gasteiger partial charge in [0.2, 0.25) is 0 Å². The summed E-state index contributed by atoms with van der Waals surface area (Å²) in [7, 11) is 0. The standard InChI is InChI=1S/C7H3Cl5S/c1-13-7-5(11)3(9)2(8)4(10)6(7)12/h1H3/i1+2. The second kappa shape index (κ2) is 4.69. The van der Waals surface area contributed by atoms with Gasteiger partial charge < -0.3 is 0 Å². The van der Waals surface area contributed by atoms with Gasteiger partial charge in [-0.3, -0.25) is 0 Å². The molecule has 6 heteroatoms. The highest BCUT2D eigenvalue weighted by atomic mass is 35.5. The average molecular weight is 298 g/mol. The molecule has 0 fully saturated rings. The van der Waals surface area contributed by atoms with E-state index >= 15 is 0 Å². The molecule has 0 radical (unpaired) electrons. The van der Waals surface area contributed by atoms with Crippen LogP contribution in [-0.4, -0.2) is 6.26 Å². The Balaban J connectivity index is 3.56. The lowest BCUT2D eigenvalue weighted by Crippen LogP contribution is -1.82. The van der Waals surface area contributed by atoms with Gasteiger partial charge >= 0.3 is 0 Å². The van der Waals surface area contributed by atoms with Crippen molar-refractivity contribution in [1.29, 1.82) is 0 Å². The maximum Gasteiger partial charge on any atom is 0.0809 e. The molecule has 0 aliphatic carbocycles. The lowest BCUT2D eigenvalue weighted by molar-refractivity contribution is 1.46. The second-order valence-electron chi connectivity index (χ2n) is 2.10. The van der Waals surface area contributed by atoms with Crippen molar-refractivity contribution < 1.29 is 0 Å². The first-order valence-corrected chi connectivity index (χ1v) is 6.17. The quantitative estimate of drug-likeness (QED) is 0.365. The van der Waals surface area contributed by atoms with Crippen LogP contribution in [0.4, 0.5) is 0 Å². The Bertz CT molecular complexity index is 320. The fraction of sp³-hybridized carbons (Fsp3) is 0.143. The van der Waals surface area contributed by atoms with E-state index in [0.717, 1.165) is 0 Å². The van der Waals surface area contributed by atoms with Crippen molar-refractivity contribution in [2.45, 2.75) is 4.90 Å². The third kappa shape index (κ3) is 2.17. The summed E-state index contributed by atoms with van der Waals surface area (Å²) in [6.45, 7) is 0. The van der Waals surface area contributed by atoms with Crippen LogP contribution >= 0.6 is 69.8 Å². The topological polar surface area (TPSA) is 0 Å². The lowest BCUT2D eigenvalue weighted by atomic mass is 10.3. The van der Waals surface area contributed by atoms with E-state index < -0.39 is 0 Å². The number of hydrogen-bond acceptors (Lipinski definition) is 1. The largest absolute Gasteiger partial charge is 0.126 e. The third-order valence-corrected chi connectivity index (χ3v) is 4.69. The molecule has 0 unspecified atom stereocenters. The van der Waals surface area contributed by atoms with Crippen LogP contribution in [0, 0.1) is 0 Å². The van der Waals surface area contributed by atoms with E-state index in [4.69, 9.17) is 58.0 Å². The number of hydrogen-bond donors (Lipinski definition) is 0. The van der Waals surface area contributed by atoms with Crippen molar-refractivity contribution in [3.63, 3.8) is 0 Å². The first kappa shape index (κ1) is 12.1. The number of thioether (sulfide) groups is 1. The summed E-state index contributed by atoms with van der Waals surface area (Å²) in [5, 5.41) is 1.35. The number of benzene rings is 1. The van der Waals surface area contributed by atoms with E-state index in [1.807, 2.05) is 6.26 Å². The van der Waals surface area contributed by atoms with E-state index in [2.05, 4.69) is 0 Å². The molecule has 0 N–H and O–H groups in total. The van der Waals surface area contributed by atoms with Crippen molar-refractivity contribution >= 4 is 69.8 Å². The fourth-order valence-electron chi connectivity index (χ4n) is 0.764. The summed E-state index contributed by atoms with van der Waals surface area (Å²) in [6.07, 6.45) is 1.83. The molecule has 72 valence electrons. The van der Waals surface area contributed by atoms with Crippen LogP contribution in [0.3, 0.4) is 0 Å². The molecule has 0 saturated carbocycles. The summed E-state index contributed by atoms with van der Waals surface area (Å²) < 4.78 is 0. The minimum absolute atomic E-state index is 0.191. The van der Waals surface area contributed by atoms with E-state index in [1.165, 1.54) is 11.8 Å². The van der Waals surface area contributed by atoms with Crippen LogP contribution in [-0.2, 0) is 0 Å². The minimum Gasteiger partial charge on any atom is -0.126 e. The summed E-state index contributed by atoms with van der Waals surface area (Å²) in [5.41, 5.74) is 0. The predicted molar refractivity (Wildman–Crippen MR) is 63.3 cm³/mol. The zero-order valence-corrected chi connectivity index (χ0v) is 10.9. The van der Waals surface area contributed by atoms with Gasteiger partial charge in [-0.15, -0.1) is 11.8 Å². The SMILES string of the molecule is [14CH3]Sc1c(Cl)c(Cl)c(Cl)c(Cl)c1Cl. The van der Waals surface area contributed by atoms with Gasteiger partial charge in [0.1, 0.15) is 0 Å². The van der Waals surface area contributed by atoms with Crippen LogP contribution in [0.1, 0.15) is 0 Å². The van der Waals surface area contributed by atoms with Crippen molar-refractivity contribution in [3.8, 4) is 0 Å². The van der Waals surface area contributed by atoms with Gasteiger partial charge in [-0.25, -0.2) is 0 Å². The van der Waals surface area contributed by atoms with Gasteiger partial charge in [0, 0.05) is 4.90 Å². The van der Waals surface area contributed by atoms with Gasteiger partial charge in [0.15, 0.2) is 0 Å². The first-order chi connectivity index (χ1) is 6.00. The van der Waals surface area contributed by atoms with Crippen molar-refractivity contribution in [1.82, 2.24) is 0 Å². The maximum absolute atomic E-state index is 5.90. The summed E-state index contributed by atoms with van der Waals surface area (Å²) >= 11 is 30.6. The highest BCUT2D eigenvalue weighted by Crippen LogP contribution is 2.47. The number of halogens is 5. The molecule has 0 aliphatic heterocycles. The summed E-state index contributed by atoms with van der Waals surface area (Å²) in [4.78, 5) is 0.641. The van der Waals surface area contributed by atoms with Crippen molar-refractivity contribution in [2.24, 2.45) is 0 Å². The number of rotatable bonds is 1. The highest BCUT2D eigenvalue weighted by Gasteiger charge is 2.18. The molecule has 0 aromatic heterocycles. The normalized spacial score (nSPS) is 10.6. The van der Waals surface area contributed by atoms with Crippen LogP contribution in [0.5, 0.6) is 0 Å². The summed E-state index contributed by atoms with van der Waals surface area (Å²) in [5.74, 6) is 0. The molecule has 1 rings (SSSR count). The van der Waals surface area contributed by atoms with E-state index in [0.29, 0.717) is 14.9 Å². The average Bonchev–Trinajstić information content (AvgIpc) is 2.13. The van der Waals surface area contributed by atoms with Gasteiger partial charge in [0.25, 0.3) is 0 Å². The molecule has 0 amide bonds. The molecule has 13 heavy (non-hydrogen) atoms. The van der Waals surface area contributed by atoms with Gasteiger partial charge in [-0.05, 0) is 6.26 Å². The second-order valence-corrected chi connectivity index (χ2v) is 4.81. The monoisotopic (exact) mass is 296 g/mol. The maximum atomic E-state index is 5.90. The van der Waals surface area contributed by atoms with Crippen LogP contribution in [0.15, 0.2) is 4.90 Å². The molecule has 0 nitrogen and oxygen atoms in total. The molecule has 0 aliphatic rings. The molecule has 0 heterocycles. The molecule has 1 aromatic rings. The van der Waals surface area contributed by atoms with E-state index in [-0.39, 0.29) is 15.1 Å². The first-order valence-electron chi connectivity index (χ1n) is 3.06.